The van der Waals surface area contributed by atoms with Gasteiger partial charge in [0.05, 0.1) is 25.8 Å². The van der Waals surface area contributed by atoms with Crippen LogP contribution in [0.25, 0.3) is 0 Å². The van der Waals surface area contributed by atoms with Crippen LogP contribution in [-0.4, -0.2) is 43.5 Å². The molecule has 0 spiro atoms. The molecule has 0 saturated carbocycles. The van der Waals surface area contributed by atoms with Gasteiger partial charge in [0, 0.05) is 35.3 Å². The number of anilines is 4. The summed E-state index contributed by atoms with van der Waals surface area (Å²) >= 11 is 3.47. The Bertz CT molecular complexity index is 1030. The molecule has 0 amide bonds. The van der Waals surface area contributed by atoms with Gasteiger partial charge in [0.25, 0.3) is 0 Å². The number of aliphatic hydroxyl groups excluding tert-OH is 1. The van der Waals surface area contributed by atoms with Crippen LogP contribution in [-0.2, 0) is 0 Å². The molecular weight excluding hydrogens is 466 g/mol. The molecule has 1 atom stereocenters. The zero-order chi connectivity index (χ0) is 22.4. The Labute approximate surface area is 188 Å². The van der Waals surface area contributed by atoms with E-state index in [1.165, 1.54) is 0 Å². The summed E-state index contributed by atoms with van der Waals surface area (Å²) in [4.78, 5) is 8.87. The quantitative estimate of drug-likeness (QED) is 0.332. The molecule has 2 aromatic carbocycles. The van der Waals surface area contributed by atoms with Gasteiger partial charge in [0.15, 0.2) is 11.5 Å². The summed E-state index contributed by atoms with van der Waals surface area (Å²) in [6.07, 6.45) is 0.813. The number of rotatable bonds is 9. The first kappa shape index (κ1) is 22.6. The topological polar surface area (TPSA) is 110 Å². The Morgan fingerprint density at radius 1 is 1.00 bits per heavy atom. The van der Waals surface area contributed by atoms with Crippen LogP contribution in [0.5, 0.6) is 17.2 Å². The van der Waals surface area contributed by atoms with Crippen LogP contribution >= 0.6 is 15.9 Å². The number of aliphatic hydroxyl groups is 1. The molecule has 4 N–H and O–H groups in total. The van der Waals surface area contributed by atoms with Gasteiger partial charge < -0.3 is 30.0 Å². The Hall–Kier alpha value is -3.08. The van der Waals surface area contributed by atoms with Gasteiger partial charge in [-0.3, -0.25) is 5.32 Å². The number of para-hydroxylation sites is 1. The molecule has 3 aromatic rings. The Morgan fingerprint density at radius 3 is 2.29 bits per heavy atom. The van der Waals surface area contributed by atoms with Crippen LogP contribution in [0.15, 0.2) is 47.1 Å². The van der Waals surface area contributed by atoms with Crippen LogP contribution < -0.4 is 30.2 Å². The molecule has 1 unspecified atom stereocenters. The van der Waals surface area contributed by atoms with Crippen molar-refractivity contribution in [1.29, 1.82) is 0 Å². The summed E-state index contributed by atoms with van der Waals surface area (Å²) in [5.74, 6) is 2.39. The summed E-state index contributed by atoms with van der Waals surface area (Å²) in [6.45, 7) is 0. The number of halogens is 1. The van der Waals surface area contributed by atoms with E-state index in [-0.39, 0.29) is 0 Å². The van der Waals surface area contributed by atoms with Crippen LogP contribution in [0.2, 0.25) is 0 Å². The van der Waals surface area contributed by atoms with Crippen LogP contribution in [0, 0.1) is 0 Å². The van der Waals surface area contributed by atoms with Gasteiger partial charge in [-0.1, -0.05) is 18.2 Å². The standard InChI is InChI=1S/C21H24BrN5O4/c1-23-20(28)13-7-5-6-8-15(13)26-19-14(22)11-24-21(27-19)25-12-9-16(29-2)18(31-4)17(10-12)30-3/h5-11,20,23,28H,1-4H3,(H2,24,25,26,27). The van der Waals surface area contributed by atoms with Crippen LogP contribution in [0.3, 0.4) is 0 Å². The average Bonchev–Trinajstić information content (AvgIpc) is 2.80. The number of methoxy groups -OCH3 is 3. The third-order valence-corrected chi connectivity index (χ3v) is 5.03. The largest absolute Gasteiger partial charge is 0.493 e. The maximum atomic E-state index is 10.2. The molecule has 9 nitrogen and oxygen atoms in total. The highest BCUT2D eigenvalue weighted by Crippen LogP contribution is 2.40. The number of ether oxygens (including phenoxy) is 3. The first-order valence-electron chi connectivity index (χ1n) is 9.31. The van der Waals surface area contributed by atoms with Gasteiger partial charge in [-0.2, -0.15) is 4.98 Å². The lowest BCUT2D eigenvalue weighted by atomic mass is 10.1. The number of hydrogen-bond donors (Lipinski definition) is 4. The molecule has 0 aliphatic carbocycles. The van der Waals surface area contributed by atoms with Gasteiger partial charge in [0.2, 0.25) is 11.7 Å². The lowest BCUT2D eigenvalue weighted by molar-refractivity contribution is 0.150. The maximum Gasteiger partial charge on any atom is 0.229 e. The van der Waals surface area contributed by atoms with Gasteiger partial charge >= 0.3 is 0 Å². The van der Waals surface area contributed by atoms with E-state index in [4.69, 9.17) is 14.2 Å². The second-order valence-electron chi connectivity index (χ2n) is 6.33. The molecule has 164 valence electrons. The monoisotopic (exact) mass is 489 g/mol. The van der Waals surface area contributed by atoms with Crippen molar-refractivity contribution in [3.8, 4) is 17.2 Å². The lowest BCUT2D eigenvalue weighted by Crippen LogP contribution is -2.16. The van der Waals surface area contributed by atoms with Gasteiger partial charge in [0.1, 0.15) is 12.0 Å². The molecule has 0 fully saturated rings. The zero-order valence-electron chi connectivity index (χ0n) is 17.6. The fourth-order valence-corrected chi connectivity index (χ4v) is 3.22. The fraction of sp³-hybridized carbons (Fsp3) is 0.238. The van der Waals surface area contributed by atoms with E-state index in [1.807, 2.05) is 24.3 Å². The van der Waals surface area contributed by atoms with Crippen LogP contribution in [0.1, 0.15) is 11.8 Å². The van der Waals surface area contributed by atoms with Crippen molar-refractivity contribution in [3.63, 3.8) is 0 Å². The maximum absolute atomic E-state index is 10.2. The third kappa shape index (κ3) is 5.16. The van der Waals surface area contributed by atoms with E-state index in [0.717, 1.165) is 0 Å². The molecule has 1 heterocycles. The number of benzene rings is 2. The highest BCUT2D eigenvalue weighted by atomic mass is 79.9. The van der Waals surface area contributed by atoms with E-state index in [0.29, 0.717) is 50.4 Å². The van der Waals surface area contributed by atoms with E-state index >= 15 is 0 Å². The number of aromatic nitrogens is 2. The number of nitrogens with zero attached hydrogens (tertiary/aromatic N) is 2. The second-order valence-corrected chi connectivity index (χ2v) is 7.19. The van der Waals surface area contributed by atoms with Crippen molar-refractivity contribution in [3.05, 3.63) is 52.6 Å². The second kappa shape index (κ2) is 10.3. The molecule has 3 rings (SSSR count). The first-order chi connectivity index (χ1) is 15.0. The SMILES string of the molecule is CNC(O)c1ccccc1Nc1nc(Nc2cc(OC)c(OC)c(OC)c2)ncc1Br. The normalized spacial score (nSPS) is 11.5. The van der Waals surface area contributed by atoms with Crippen molar-refractivity contribution >= 4 is 39.1 Å². The summed E-state index contributed by atoms with van der Waals surface area (Å²) in [6, 6.07) is 10.9. The van der Waals surface area contributed by atoms with Crippen LogP contribution in [0.4, 0.5) is 23.1 Å². The Kier molecular flexibility index (Phi) is 7.50. The highest BCUT2D eigenvalue weighted by Gasteiger charge is 2.15. The minimum Gasteiger partial charge on any atom is -0.493 e. The molecule has 0 radical (unpaired) electrons. The van der Waals surface area contributed by atoms with E-state index in [1.54, 1.807) is 46.7 Å². The smallest absolute Gasteiger partial charge is 0.229 e. The van der Waals surface area contributed by atoms with Crippen molar-refractivity contribution < 1.29 is 19.3 Å². The van der Waals surface area contributed by atoms with E-state index in [2.05, 4.69) is 41.8 Å². The summed E-state index contributed by atoms with van der Waals surface area (Å²) in [5.41, 5.74) is 2.06. The first-order valence-corrected chi connectivity index (χ1v) is 10.1. The molecule has 1 aromatic heterocycles. The predicted molar refractivity (Wildman–Crippen MR) is 123 cm³/mol. The molecular formula is C21H24BrN5O4. The van der Waals surface area contributed by atoms with Gasteiger partial charge in [-0.15, -0.1) is 0 Å². The van der Waals surface area contributed by atoms with E-state index in [9.17, 15) is 5.11 Å². The number of hydrogen-bond acceptors (Lipinski definition) is 9. The van der Waals surface area contributed by atoms with Crippen molar-refractivity contribution in [2.75, 3.05) is 39.0 Å². The third-order valence-electron chi connectivity index (χ3n) is 4.45. The van der Waals surface area contributed by atoms with Crippen molar-refractivity contribution in [1.82, 2.24) is 15.3 Å². The summed E-state index contributed by atoms with van der Waals surface area (Å²) < 4.78 is 16.8. The molecule has 0 bridgehead atoms. The highest BCUT2D eigenvalue weighted by molar-refractivity contribution is 9.10. The van der Waals surface area contributed by atoms with Crippen molar-refractivity contribution in [2.24, 2.45) is 0 Å². The average molecular weight is 490 g/mol. The molecule has 0 aliphatic heterocycles. The summed E-state index contributed by atoms with van der Waals surface area (Å²) in [7, 11) is 6.33. The minimum atomic E-state index is -0.818. The number of nitrogens with one attached hydrogen (secondary N) is 3. The zero-order valence-corrected chi connectivity index (χ0v) is 19.1. The molecule has 10 heteroatoms. The van der Waals surface area contributed by atoms with E-state index < -0.39 is 6.23 Å². The Morgan fingerprint density at radius 2 is 1.68 bits per heavy atom. The molecule has 31 heavy (non-hydrogen) atoms. The molecule has 0 saturated heterocycles. The van der Waals surface area contributed by atoms with Gasteiger partial charge in [-0.05, 0) is 29.0 Å². The molecule has 0 aliphatic rings. The Balaban J connectivity index is 1.91. The van der Waals surface area contributed by atoms with Crippen molar-refractivity contribution in [2.45, 2.75) is 6.23 Å². The summed E-state index contributed by atoms with van der Waals surface area (Å²) in [5, 5.41) is 19.4. The minimum absolute atomic E-state index is 0.353. The lowest BCUT2D eigenvalue weighted by Gasteiger charge is -2.17. The van der Waals surface area contributed by atoms with Gasteiger partial charge in [-0.25, -0.2) is 4.98 Å². The predicted octanol–water partition coefficient (Wildman–Crippen LogP) is 3.96. The fourth-order valence-electron chi connectivity index (χ4n) is 2.93.